The van der Waals surface area contributed by atoms with Crippen molar-refractivity contribution in [3.63, 3.8) is 0 Å². The highest BCUT2D eigenvalue weighted by molar-refractivity contribution is 5.23. The van der Waals surface area contributed by atoms with Gasteiger partial charge in [0.05, 0.1) is 0 Å². The number of benzene rings is 1. The van der Waals surface area contributed by atoms with E-state index >= 15 is 0 Å². The predicted molar refractivity (Wildman–Crippen MR) is 87.4 cm³/mol. The minimum absolute atomic E-state index is 0.0108. The number of nitrogens with zero attached hydrogens (tertiary/aromatic N) is 3. The van der Waals surface area contributed by atoms with Crippen LogP contribution in [0.2, 0.25) is 0 Å². The van der Waals surface area contributed by atoms with Crippen LogP contribution in [0, 0.1) is 5.92 Å². The van der Waals surface area contributed by atoms with Gasteiger partial charge in [-0.25, -0.2) is 9.48 Å². The first-order valence-corrected chi connectivity index (χ1v) is 8.62. The molecule has 1 aliphatic carbocycles. The lowest BCUT2D eigenvalue weighted by molar-refractivity contribution is 0.0933. The van der Waals surface area contributed by atoms with Crippen LogP contribution in [0.4, 0.5) is 0 Å². The summed E-state index contributed by atoms with van der Waals surface area (Å²) in [5, 5.41) is 4.66. The van der Waals surface area contributed by atoms with Crippen LogP contribution in [0.25, 0.3) is 0 Å². The fourth-order valence-electron chi connectivity index (χ4n) is 3.52. The standard InChI is InChI=1S/C18H23N3O2/c1-2-20-17(19-21(18(20)22)12-13-8-9-13)16-15(10-11-23-16)14-6-4-3-5-7-14/h3-7,13,15-16H,2,8-12H2,1H3/t15-,16-/m0/s1. The lowest BCUT2D eigenvalue weighted by Crippen LogP contribution is -2.26. The van der Waals surface area contributed by atoms with Crippen LogP contribution in [0.5, 0.6) is 0 Å². The summed E-state index contributed by atoms with van der Waals surface area (Å²) < 4.78 is 9.44. The Balaban J connectivity index is 1.69. The van der Waals surface area contributed by atoms with Crippen LogP contribution in [0.3, 0.4) is 0 Å². The van der Waals surface area contributed by atoms with Crippen molar-refractivity contribution in [2.75, 3.05) is 6.61 Å². The molecular formula is C18H23N3O2. The molecule has 4 rings (SSSR count). The Hall–Kier alpha value is -1.88. The minimum atomic E-state index is -0.120. The molecule has 0 radical (unpaired) electrons. The molecule has 23 heavy (non-hydrogen) atoms. The molecule has 1 saturated heterocycles. The van der Waals surface area contributed by atoms with E-state index < -0.39 is 0 Å². The second kappa shape index (κ2) is 5.96. The van der Waals surface area contributed by atoms with Crippen molar-refractivity contribution in [2.45, 2.75) is 51.3 Å². The maximum Gasteiger partial charge on any atom is 0.345 e. The van der Waals surface area contributed by atoms with E-state index in [1.54, 1.807) is 9.25 Å². The van der Waals surface area contributed by atoms with E-state index in [1.807, 2.05) is 13.0 Å². The molecule has 5 heteroatoms. The smallest absolute Gasteiger partial charge is 0.345 e. The van der Waals surface area contributed by atoms with E-state index in [4.69, 9.17) is 4.74 Å². The van der Waals surface area contributed by atoms with Crippen molar-refractivity contribution in [1.29, 1.82) is 0 Å². The Labute approximate surface area is 135 Å². The van der Waals surface area contributed by atoms with Gasteiger partial charge in [0, 0.05) is 25.6 Å². The number of aromatic nitrogens is 3. The highest BCUT2D eigenvalue weighted by atomic mass is 16.5. The predicted octanol–water partition coefficient (Wildman–Crippen LogP) is 2.72. The summed E-state index contributed by atoms with van der Waals surface area (Å²) in [4.78, 5) is 12.6. The van der Waals surface area contributed by atoms with Gasteiger partial charge in [0.15, 0.2) is 5.82 Å². The second-order valence-electron chi connectivity index (χ2n) is 6.61. The Morgan fingerprint density at radius 2 is 2.00 bits per heavy atom. The van der Waals surface area contributed by atoms with Crippen molar-refractivity contribution in [3.05, 3.63) is 52.2 Å². The molecule has 0 N–H and O–H groups in total. The zero-order chi connectivity index (χ0) is 15.8. The van der Waals surface area contributed by atoms with E-state index in [-0.39, 0.29) is 17.7 Å². The molecule has 5 nitrogen and oxygen atoms in total. The summed E-state index contributed by atoms with van der Waals surface area (Å²) in [7, 11) is 0. The molecule has 0 unspecified atom stereocenters. The van der Waals surface area contributed by atoms with Gasteiger partial charge >= 0.3 is 5.69 Å². The molecule has 0 spiro atoms. The van der Waals surface area contributed by atoms with E-state index in [0.717, 1.165) is 25.4 Å². The van der Waals surface area contributed by atoms with Gasteiger partial charge in [-0.2, -0.15) is 5.10 Å². The molecule has 1 saturated carbocycles. The van der Waals surface area contributed by atoms with Gasteiger partial charge in [0.2, 0.25) is 0 Å². The average molecular weight is 313 g/mol. The maximum absolute atomic E-state index is 12.6. The zero-order valence-electron chi connectivity index (χ0n) is 13.5. The monoisotopic (exact) mass is 313 g/mol. The van der Waals surface area contributed by atoms with E-state index in [1.165, 1.54) is 18.4 Å². The van der Waals surface area contributed by atoms with E-state index in [9.17, 15) is 4.79 Å². The topological polar surface area (TPSA) is 49.0 Å². The molecule has 122 valence electrons. The maximum atomic E-state index is 12.6. The van der Waals surface area contributed by atoms with Gasteiger partial charge in [-0.05, 0) is 37.7 Å². The first-order valence-electron chi connectivity index (χ1n) is 8.62. The van der Waals surface area contributed by atoms with Gasteiger partial charge in [0.25, 0.3) is 0 Å². The van der Waals surface area contributed by atoms with Gasteiger partial charge in [0.1, 0.15) is 6.10 Å². The number of hydrogen-bond donors (Lipinski definition) is 0. The summed E-state index contributed by atoms with van der Waals surface area (Å²) in [5.74, 6) is 1.71. The van der Waals surface area contributed by atoms with Crippen LogP contribution in [0.1, 0.15) is 49.6 Å². The normalized spacial score (nSPS) is 24.2. The van der Waals surface area contributed by atoms with Crippen LogP contribution in [0.15, 0.2) is 35.1 Å². The fraction of sp³-hybridized carbons (Fsp3) is 0.556. The van der Waals surface area contributed by atoms with Crippen LogP contribution >= 0.6 is 0 Å². The minimum Gasteiger partial charge on any atom is -0.370 e. The summed E-state index contributed by atoms with van der Waals surface area (Å²) in [5.41, 5.74) is 1.28. The SMILES string of the molecule is CCn1c([C@H]2OCC[C@H]2c2ccccc2)nn(CC2CC2)c1=O. The lowest BCUT2D eigenvalue weighted by Gasteiger charge is -2.18. The molecule has 1 aliphatic heterocycles. The Bertz CT molecular complexity index is 730. The zero-order valence-corrected chi connectivity index (χ0v) is 13.5. The van der Waals surface area contributed by atoms with Crippen molar-refractivity contribution in [2.24, 2.45) is 5.92 Å². The van der Waals surface area contributed by atoms with E-state index in [2.05, 4.69) is 29.4 Å². The summed E-state index contributed by atoms with van der Waals surface area (Å²) >= 11 is 0. The average Bonchev–Trinajstić information content (AvgIpc) is 3.16. The molecule has 2 fully saturated rings. The van der Waals surface area contributed by atoms with Crippen LogP contribution < -0.4 is 5.69 Å². The third-order valence-corrected chi connectivity index (χ3v) is 4.97. The summed E-state index contributed by atoms with van der Waals surface area (Å²) in [6, 6.07) is 10.4. The first kappa shape index (κ1) is 14.7. The Kier molecular flexibility index (Phi) is 3.81. The number of ether oxygens (including phenoxy) is 1. The quantitative estimate of drug-likeness (QED) is 0.853. The molecule has 1 aromatic heterocycles. The first-order chi connectivity index (χ1) is 11.3. The highest BCUT2D eigenvalue weighted by Gasteiger charge is 2.36. The Morgan fingerprint density at radius 3 is 2.70 bits per heavy atom. The van der Waals surface area contributed by atoms with Gasteiger partial charge in [-0.3, -0.25) is 4.57 Å². The van der Waals surface area contributed by atoms with Crippen molar-refractivity contribution >= 4 is 0 Å². The van der Waals surface area contributed by atoms with Crippen LogP contribution in [-0.2, 0) is 17.8 Å². The summed E-state index contributed by atoms with van der Waals surface area (Å²) in [6.07, 6.45) is 3.29. The number of hydrogen-bond acceptors (Lipinski definition) is 3. The molecular weight excluding hydrogens is 290 g/mol. The Morgan fingerprint density at radius 1 is 1.22 bits per heavy atom. The van der Waals surface area contributed by atoms with Gasteiger partial charge in [-0.15, -0.1) is 0 Å². The highest BCUT2D eigenvalue weighted by Crippen LogP contribution is 2.40. The van der Waals surface area contributed by atoms with Crippen molar-refractivity contribution in [1.82, 2.24) is 14.3 Å². The molecule has 2 atom stereocenters. The van der Waals surface area contributed by atoms with Crippen LogP contribution in [-0.4, -0.2) is 21.0 Å². The molecule has 0 amide bonds. The molecule has 2 aromatic rings. The van der Waals surface area contributed by atoms with E-state index in [0.29, 0.717) is 12.5 Å². The van der Waals surface area contributed by atoms with Crippen molar-refractivity contribution in [3.8, 4) is 0 Å². The van der Waals surface area contributed by atoms with Gasteiger partial charge < -0.3 is 4.74 Å². The second-order valence-corrected chi connectivity index (χ2v) is 6.61. The number of rotatable bonds is 5. The van der Waals surface area contributed by atoms with Gasteiger partial charge in [-0.1, -0.05) is 30.3 Å². The molecule has 2 heterocycles. The molecule has 2 aliphatic rings. The molecule has 0 bridgehead atoms. The lowest BCUT2D eigenvalue weighted by atomic mass is 9.92. The van der Waals surface area contributed by atoms with Crippen molar-refractivity contribution < 1.29 is 4.74 Å². The third kappa shape index (κ3) is 2.74. The largest absolute Gasteiger partial charge is 0.370 e. The third-order valence-electron chi connectivity index (χ3n) is 4.97. The molecule has 1 aromatic carbocycles. The fourth-order valence-corrected chi connectivity index (χ4v) is 3.52. The summed E-state index contributed by atoms with van der Waals surface area (Å²) in [6.45, 7) is 4.11.